The van der Waals surface area contributed by atoms with E-state index in [2.05, 4.69) is 20.7 Å². The molecule has 1 unspecified atom stereocenters. The van der Waals surface area contributed by atoms with E-state index in [1.165, 1.54) is 12.8 Å². The highest BCUT2D eigenvalue weighted by molar-refractivity contribution is 5.46. The molecule has 1 aromatic heterocycles. The lowest BCUT2D eigenvalue weighted by Gasteiger charge is -2.23. The van der Waals surface area contributed by atoms with Crippen LogP contribution in [-0.4, -0.2) is 29.2 Å². The minimum Gasteiger partial charge on any atom is -0.376 e. The molecule has 0 bridgehead atoms. The van der Waals surface area contributed by atoms with Gasteiger partial charge in [-0.15, -0.1) is 0 Å². The van der Waals surface area contributed by atoms with Crippen molar-refractivity contribution >= 4 is 11.6 Å². The van der Waals surface area contributed by atoms with Crippen molar-refractivity contribution in [2.75, 3.05) is 23.9 Å². The van der Waals surface area contributed by atoms with Gasteiger partial charge in [0, 0.05) is 25.6 Å². The topological polar surface area (TPSA) is 85.1 Å². The van der Waals surface area contributed by atoms with Gasteiger partial charge in [0.2, 0.25) is 0 Å². The van der Waals surface area contributed by atoms with Crippen molar-refractivity contribution in [3.63, 3.8) is 0 Å². The summed E-state index contributed by atoms with van der Waals surface area (Å²) in [5.41, 5.74) is 2.56. The van der Waals surface area contributed by atoms with Gasteiger partial charge in [-0.2, -0.15) is 0 Å². The average molecular weight is 251 g/mol. The molecule has 1 aliphatic heterocycles. The van der Waals surface area contributed by atoms with Crippen LogP contribution in [0.2, 0.25) is 0 Å². The first-order valence-electron chi connectivity index (χ1n) is 6.52. The van der Waals surface area contributed by atoms with Crippen LogP contribution < -0.4 is 16.6 Å². The summed E-state index contributed by atoms with van der Waals surface area (Å²) in [5.74, 6) is 7.59. The fraction of sp³-hybridized carbons (Fsp3) is 0.667. The number of hydrazine groups is 1. The van der Waals surface area contributed by atoms with Crippen LogP contribution in [0.4, 0.5) is 11.6 Å². The highest BCUT2D eigenvalue weighted by atomic mass is 16.5. The second kappa shape index (κ2) is 6.51. The normalized spacial score (nSPS) is 19.6. The smallest absolute Gasteiger partial charge is 0.145 e. The Hall–Kier alpha value is -1.40. The van der Waals surface area contributed by atoms with Crippen molar-refractivity contribution in [1.82, 2.24) is 9.97 Å². The van der Waals surface area contributed by atoms with Gasteiger partial charge in [-0.1, -0.05) is 6.92 Å². The molecule has 6 heteroatoms. The number of hydrogen-bond acceptors (Lipinski definition) is 6. The maximum absolute atomic E-state index is 5.67. The summed E-state index contributed by atoms with van der Waals surface area (Å²) in [6.07, 6.45) is 4.59. The summed E-state index contributed by atoms with van der Waals surface area (Å²) in [5, 5.41) is 3.29. The van der Waals surface area contributed by atoms with E-state index in [1.54, 1.807) is 0 Å². The maximum Gasteiger partial charge on any atom is 0.145 e. The van der Waals surface area contributed by atoms with Crippen LogP contribution in [-0.2, 0) is 11.2 Å². The van der Waals surface area contributed by atoms with Crippen LogP contribution in [0, 0.1) is 0 Å². The number of nitrogens with two attached hydrogens (primary N) is 1. The number of nitrogen functional groups attached to an aromatic ring is 1. The maximum atomic E-state index is 5.67. The zero-order chi connectivity index (χ0) is 12.8. The van der Waals surface area contributed by atoms with Crippen molar-refractivity contribution in [2.45, 2.75) is 38.7 Å². The number of aryl methyl sites for hydroxylation is 1. The van der Waals surface area contributed by atoms with Crippen molar-refractivity contribution in [3.05, 3.63) is 11.9 Å². The van der Waals surface area contributed by atoms with Gasteiger partial charge in [0.25, 0.3) is 0 Å². The molecule has 1 atom stereocenters. The Kier molecular flexibility index (Phi) is 4.72. The van der Waals surface area contributed by atoms with Crippen LogP contribution in [0.5, 0.6) is 0 Å². The molecule has 0 aliphatic carbocycles. The molecule has 1 aliphatic rings. The molecule has 0 radical (unpaired) electrons. The van der Waals surface area contributed by atoms with E-state index in [-0.39, 0.29) is 6.10 Å². The summed E-state index contributed by atoms with van der Waals surface area (Å²) in [7, 11) is 0. The molecule has 1 fully saturated rings. The minimum absolute atomic E-state index is 0.285. The lowest BCUT2D eigenvalue weighted by molar-refractivity contribution is 0.0247. The molecule has 0 spiro atoms. The first-order chi connectivity index (χ1) is 8.81. The summed E-state index contributed by atoms with van der Waals surface area (Å²) in [4.78, 5) is 8.66. The minimum atomic E-state index is 0.285. The van der Waals surface area contributed by atoms with E-state index < -0.39 is 0 Å². The predicted octanol–water partition coefficient (Wildman–Crippen LogP) is 1.31. The zero-order valence-corrected chi connectivity index (χ0v) is 10.8. The molecule has 2 rings (SSSR count). The Morgan fingerprint density at radius 1 is 1.39 bits per heavy atom. The summed E-state index contributed by atoms with van der Waals surface area (Å²) in [6, 6.07) is 1.81. The van der Waals surface area contributed by atoms with Gasteiger partial charge in [0.1, 0.15) is 17.5 Å². The molecular formula is C12H21N5O. The third kappa shape index (κ3) is 3.54. The predicted molar refractivity (Wildman–Crippen MR) is 71.3 cm³/mol. The Bertz CT molecular complexity index is 356. The first kappa shape index (κ1) is 13.0. The number of aromatic nitrogens is 2. The summed E-state index contributed by atoms with van der Waals surface area (Å²) >= 11 is 0. The lowest BCUT2D eigenvalue weighted by Crippen LogP contribution is -2.27. The molecule has 0 amide bonds. The number of nitrogens with one attached hydrogen (secondary N) is 2. The number of hydrogen-bond donors (Lipinski definition) is 3. The van der Waals surface area contributed by atoms with Crippen molar-refractivity contribution in [3.8, 4) is 0 Å². The highest BCUT2D eigenvalue weighted by Crippen LogP contribution is 2.15. The van der Waals surface area contributed by atoms with Gasteiger partial charge >= 0.3 is 0 Å². The molecule has 2 heterocycles. The number of rotatable bonds is 5. The van der Waals surface area contributed by atoms with Gasteiger partial charge in [-0.05, 0) is 19.3 Å². The SMILES string of the molecule is CCc1nc(NN)cc(NCC2CCCCO2)n1. The third-order valence-electron chi connectivity index (χ3n) is 3.02. The fourth-order valence-corrected chi connectivity index (χ4v) is 2.01. The van der Waals surface area contributed by atoms with Gasteiger partial charge < -0.3 is 15.5 Å². The monoisotopic (exact) mass is 251 g/mol. The van der Waals surface area contributed by atoms with Gasteiger partial charge in [0.05, 0.1) is 6.10 Å². The number of nitrogens with zero attached hydrogens (tertiary/aromatic N) is 2. The molecule has 18 heavy (non-hydrogen) atoms. The first-order valence-corrected chi connectivity index (χ1v) is 6.52. The highest BCUT2D eigenvalue weighted by Gasteiger charge is 2.13. The largest absolute Gasteiger partial charge is 0.376 e. The molecule has 6 nitrogen and oxygen atoms in total. The summed E-state index contributed by atoms with van der Waals surface area (Å²) in [6.45, 7) is 3.67. The molecule has 1 aromatic rings. The molecule has 1 saturated heterocycles. The molecule has 0 saturated carbocycles. The quantitative estimate of drug-likeness (QED) is 0.540. The Morgan fingerprint density at radius 3 is 2.89 bits per heavy atom. The van der Waals surface area contributed by atoms with Crippen LogP contribution in [0.3, 0.4) is 0 Å². The number of anilines is 2. The van der Waals surface area contributed by atoms with Gasteiger partial charge in [-0.25, -0.2) is 15.8 Å². The Labute approximate surface area is 107 Å². The van der Waals surface area contributed by atoms with E-state index >= 15 is 0 Å². The third-order valence-corrected chi connectivity index (χ3v) is 3.02. The lowest BCUT2D eigenvalue weighted by atomic mass is 10.1. The molecule has 0 aromatic carbocycles. The Morgan fingerprint density at radius 2 is 2.22 bits per heavy atom. The fourth-order valence-electron chi connectivity index (χ4n) is 2.01. The van der Waals surface area contributed by atoms with Crippen molar-refractivity contribution in [1.29, 1.82) is 0 Å². The Balaban J connectivity index is 1.94. The van der Waals surface area contributed by atoms with E-state index in [9.17, 15) is 0 Å². The van der Waals surface area contributed by atoms with Crippen LogP contribution in [0.15, 0.2) is 6.07 Å². The van der Waals surface area contributed by atoms with E-state index in [0.29, 0.717) is 5.82 Å². The van der Waals surface area contributed by atoms with Crippen molar-refractivity contribution < 1.29 is 4.74 Å². The van der Waals surface area contributed by atoms with Gasteiger partial charge in [-0.3, -0.25) is 0 Å². The van der Waals surface area contributed by atoms with E-state index in [0.717, 1.165) is 37.6 Å². The number of ether oxygens (including phenoxy) is 1. The van der Waals surface area contributed by atoms with E-state index in [4.69, 9.17) is 10.6 Å². The molecule has 4 N–H and O–H groups in total. The second-order valence-electron chi connectivity index (χ2n) is 4.42. The van der Waals surface area contributed by atoms with Gasteiger partial charge in [0.15, 0.2) is 0 Å². The second-order valence-corrected chi connectivity index (χ2v) is 4.42. The standard InChI is InChI=1S/C12H21N5O/c1-2-10-15-11(7-12(16-10)17-13)14-8-9-5-3-4-6-18-9/h7,9H,2-6,8,13H2,1H3,(H2,14,15,16,17). The van der Waals surface area contributed by atoms with Crippen molar-refractivity contribution in [2.24, 2.45) is 5.84 Å². The molecule has 100 valence electrons. The van der Waals surface area contributed by atoms with Crippen LogP contribution in [0.1, 0.15) is 32.0 Å². The van der Waals surface area contributed by atoms with E-state index in [1.807, 2.05) is 13.0 Å². The van der Waals surface area contributed by atoms with Crippen LogP contribution in [0.25, 0.3) is 0 Å². The van der Waals surface area contributed by atoms with Crippen LogP contribution >= 0.6 is 0 Å². The zero-order valence-electron chi connectivity index (χ0n) is 10.8. The average Bonchev–Trinajstić information content (AvgIpc) is 2.45. The molecular weight excluding hydrogens is 230 g/mol. The summed E-state index contributed by atoms with van der Waals surface area (Å²) < 4.78 is 5.67.